The van der Waals surface area contributed by atoms with Crippen LogP contribution in [-0.4, -0.2) is 14.5 Å². The van der Waals surface area contributed by atoms with E-state index in [2.05, 4.69) is 9.97 Å². The van der Waals surface area contributed by atoms with E-state index in [9.17, 15) is 8.78 Å². The molecule has 0 bridgehead atoms. The van der Waals surface area contributed by atoms with Crippen molar-refractivity contribution in [1.82, 2.24) is 14.5 Å². The minimum absolute atomic E-state index is 0.0761. The normalized spacial score (nSPS) is 11.3. The van der Waals surface area contributed by atoms with Gasteiger partial charge in [0.1, 0.15) is 16.3 Å². The lowest BCUT2D eigenvalue weighted by atomic mass is 10.3. The Balaban J connectivity index is 2.15. The number of benzene rings is 1. The van der Waals surface area contributed by atoms with Crippen molar-refractivity contribution in [3.63, 3.8) is 0 Å². The first-order valence-electron chi connectivity index (χ1n) is 5.56. The van der Waals surface area contributed by atoms with E-state index < -0.39 is 11.6 Å². The Morgan fingerprint density at radius 1 is 1.37 bits per heavy atom. The van der Waals surface area contributed by atoms with Crippen LogP contribution in [0.2, 0.25) is 0 Å². The Hall–Kier alpha value is -2.02. The van der Waals surface area contributed by atoms with Gasteiger partial charge in [-0.05, 0) is 6.92 Å². The summed E-state index contributed by atoms with van der Waals surface area (Å²) < 4.78 is 28.4. The first-order chi connectivity index (χ1) is 9.04. The molecule has 3 aromatic rings. The van der Waals surface area contributed by atoms with E-state index in [1.54, 1.807) is 10.8 Å². The number of aryl methyl sites for hydroxylation is 1. The second-order valence-corrected chi connectivity index (χ2v) is 5.50. The number of hydrogen-bond acceptors (Lipinski definition) is 4. The zero-order valence-electron chi connectivity index (χ0n) is 10.0. The van der Waals surface area contributed by atoms with Gasteiger partial charge < -0.3 is 10.3 Å². The van der Waals surface area contributed by atoms with E-state index in [4.69, 9.17) is 5.73 Å². The van der Waals surface area contributed by atoms with Crippen molar-refractivity contribution in [2.75, 3.05) is 5.73 Å². The zero-order valence-corrected chi connectivity index (χ0v) is 10.8. The summed E-state index contributed by atoms with van der Waals surface area (Å²) in [6, 6.07) is 2.02. The van der Waals surface area contributed by atoms with Gasteiger partial charge in [-0.2, -0.15) is 0 Å². The van der Waals surface area contributed by atoms with E-state index in [-0.39, 0.29) is 11.5 Å². The maximum absolute atomic E-state index is 13.6. The van der Waals surface area contributed by atoms with Crippen LogP contribution in [0.5, 0.6) is 0 Å². The van der Waals surface area contributed by atoms with Crippen molar-refractivity contribution in [2.45, 2.75) is 13.5 Å². The fraction of sp³-hybridized carbons (Fsp3) is 0.167. The molecule has 2 heterocycles. The number of thiazole rings is 1. The molecule has 98 valence electrons. The highest BCUT2D eigenvalue weighted by Crippen LogP contribution is 2.24. The SMILES string of the molecule is Cc1cnc(Cn2c(N)nc3c(F)cc(F)cc32)s1. The summed E-state index contributed by atoms with van der Waals surface area (Å²) >= 11 is 1.51. The first-order valence-corrected chi connectivity index (χ1v) is 6.38. The smallest absolute Gasteiger partial charge is 0.201 e. The molecule has 2 aromatic heterocycles. The van der Waals surface area contributed by atoms with Crippen LogP contribution >= 0.6 is 11.3 Å². The van der Waals surface area contributed by atoms with Crippen LogP contribution in [0.3, 0.4) is 0 Å². The second-order valence-electron chi connectivity index (χ2n) is 4.18. The molecule has 3 rings (SSSR count). The van der Waals surface area contributed by atoms with E-state index in [0.717, 1.165) is 16.0 Å². The van der Waals surface area contributed by atoms with Crippen LogP contribution in [0.25, 0.3) is 11.0 Å². The topological polar surface area (TPSA) is 56.7 Å². The molecule has 4 nitrogen and oxygen atoms in total. The summed E-state index contributed by atoms with van der Waals surface area (Å²) in [6.45, 7) is 2.29. The van der Waals surface area contributed by atoms with Crippen LogP contribution in [-0.2, 0) is 6.54 Å². The monoisotopic (exact) mass is 280 g/mol. The Morgan fingerprint density at radius 2 is 2.16 bits per heavy atom. The molecule has 0 atom stereocenters. The van der Waals surface area contributed by atoms with E-state index >= 15 is 0 Å². The summed E-state index contributed by atoms with van der Waals surface area (Å²) in [7, 11) is 0. The third-order valence-electron chi connectivity index (χ3n) is 2.76. The van der Waals surface area contributed by atoms with Crippen molar-refractivity contribution >= 4 is 28.3 Å². The van der Waals surface area contributed by atoms with Gasteiger partial charge >= 0.3 is 0 Å². The molecule has 1 aromatic carbocycles. The molecule has 0 fully saturated rings. The molecule has 0 aliphatic carbocycles. The summed E-state index contributed by atoms with van der Waals surface area (Å²) in [6.07, 6.45) is 1.75. The van der Waals surface area contributed by atoms with Crippen molar-refractivity contribution in [3.8, 4) is 0 Å². The Labute approximate surface area is 111 Å². The largest absolute Gasteiger partial charge is 0.369 e. The third-order valence-corrected chi connectivity index (χ3v) is 3.66. The van der Waals surface area contributed by atoms with Gasteiger partial charge in [-0.3, -0.25) is 0 Å². The molecule has 0 unspecified atom stereocenters. The number of nitrogens with zero attached hydrogens (tertiary/aromatic N) is 3. The molecule has 0 aliphatic heterocycles. The number of imidazole rings is 1. The second kappa shape index (κ2) is 4.27. The number of anilines is 1. The number of nitrogens with two attached hydrogens (primary N) is 1. The Kier molecular flexibility index (Phi) is 2.70. The minimum Gasteiger partial charge on any atom is -0.369 e. The number of nitrogen functional groups attached to an aromatic ring is 1. The summed E-state index contributed by atoms with van der Waals surface area (Å²) in [5, 5.41) is 0.813. The van der Waals surface area contributed by atoms with Gasteiger partial charge in [-0.15, -0.1) is 11.3 Å². The number of fused-ring (bicyclic) bond motifs is 1. The molecular formula is C12H10F2N4S. The van der Waals surface area contributed by atoms with Crippen molar-refractivity contribution in [3.05, 3.63) is 39.8 Å². The van der Waals surface area contributed by atoms with Gasteiger partial charge in [0.25, 0.3) is 0 Å². The number of aromatic nitrogens is 3. The average Bonchev–Trinajstić information content (AvgIpc) is 2.87. The summed E-state index contributed by atoms with van der Waals surface area (Å²) in [5.74, 6) is -1.22. The molecule has 0 saturated carbocycles. The standard InChI is InChI=1S/C12H10F2N4S/c1-6-4-16-10(19-6)5-18-9-3-7(13)2-8(14)11(9)17-12(18)15/h2-4H,5H2,1H3,(H2,15,17). The minimum atomic E-state index is -0.712. The number of halogens is 2. The Morgan fingerprint density at radius 3 is 2.84 bits per heavy atom. The number of rotatable bonds is 2. The Bertz CT molecular complexity index is 763. The molecule has 0 spiro atoms. The fourth-order valence-electron chi connectivity index (χ4n) is 1.94. The predicted octanol–water partition coefficient (Wildman–Crippen LogP) is 2.71. The lowest BCUT2D eigenvalue weighted by Gasteiger charge is -2.03. The molecule has 0 amide bonds. The van der Waals surface area contributed by atoms with Gasteiger partial charge in [0.2, 0.25) is 5.95 Å². The molecule has 2 N–H and O–H groups in total. The predicted molar refractivity (Wildman–Crippen MR) is 70.0 cm³/mol. The van der Waals surface area contributed by atoms with Gasteiger partial charge in [-0.1, -0.05) is 0 Å². The summed E-state index contributed by atoms with van der Waals surface area (Å²) in [5.41, 5.74) is 6.18. The quantitative estimate of drug-likeness (QED) is 0.785. The molecule has 0 aliphatic rings. The van der Waals surface area contributed by atoms with Crippen LogP contribution in [0.15, 0.2) is 18.3 Å². The molecule has 0 saturated heterocycles. The summed E-state index contributed by atoms with van der Waals surface area (Å²) in [4.78, 5) is 9.21. The van der Waals surface area contributed by atoms with Crippen LogP contribution in [0.1, 0.15) is 9.88 Å². The van der Waals surface area contributed by atoms with Gasteiger partial charge in [-0.25, -0.2) is 18.7 Å². The molecule has 7 heteroatoms. The van der Waals surface area contributed by atoms with Gasteiger partial charge in [0, 0.05) is 23.2 Å². The third kappa shape index (κ3) is 2.06. The first kappa shape index (κ1) is 12.0. The van der Waals surface area contributed by atoms with Crippen LogP contribution in [0.4, 0.5) is 14.7 Å². The van der Waals surface area contributed by atoms with Gasteiger partial charge in [0.15, 0.2) is 5.82 Å². The highest BCUT2D eigenvalue weighted by Gasteiger charge is 2.14. The molecular weight excluding hydrogens is 270 g/mol. The van der Waals surface area contributed by atoms with E-state index in [1.807, 2.05) is 6.92 Å². The maximum atomic E-state index is 13.6. The average molecular weight is 280 g/mol. The van der Waals surface area contributed by atoms with Crippen LogP contribution < -0.4 is 5.73 Å². The zero-order chi connectivity index (χ0) is 13.6. The van der Waals surface area contributed by atoms with E-state index in [1.165, 1.54) is 17.4 Å². The van der Waals surface area contributed by atoms with Crippen molar-refractivity contribution in [1.29, 1.82) is 0 Å². The maximum Gasteiger partial charge on any atom is 0.201 e. The highest BCUT2D eigenvalue weighted by molar-refractivity contribution is 7.11. The fourth-order valence-corrected chi connectivity index (χ4v) is 2.72. The lowest BCUT2D eigenvalue weighted by molar-refractivity contribution is 0.590. The van der Waals surface area contributed by atoms with E-state index in [0.29, 0.717) is 12.1 Å². The van der Waals surface area contributed by atoms with Crippen molar-refractivity contribution in [2.24, 2.45) is 0 Å². The van der Waals surface area contributed by atoms with Crippen LogP contribution in [0, 0.1) is 18.6 Å². The van der Waals surface area contributed by atoms with Crippen molar-refractivity contribution < 1.29 is 8.78 Å². The molecule has 19 heavy (non-hydrogen) atoms. The highest BCUT2D eigenvalue weighted by atomic mass is 32.1. The number of hydrogen-bond donors (Lipinski definition) is 1. The van der Waals surface area contributed by atoms with Gasteiger partial charge in [0.05, 0.1) is 12.1 Å². The lowest BCUT2D eigenvalue weighted by Crippen LogP contribution is -2.04. The molecule has 0 radical (unpaired) electrons.